The molecule has 0 radical (unpaired) electrons. The molecule has 1 aromatic rings. The van der Waals surface area contributed by atoms with E-state index < -0.39 is 0 Å². The van der Waals surface area contributed by atoms with Crippen LogP contribution in [0.25, 0.3) is 0 Å². The Labute approximate surface area is 97.2 Å². The minimum Gasteiger partial charge on any atom is -0.338 e. The molecule has 3 heteroatoms. The van der Waals surface area contributed by atoms with Crippen molar-refractivity contribution in [2.24, 2.45) is 5.92 Å². The summed E-state index contributed by atoms with van der Waals surface area (Å²) in [5, 5.41) is 5.73. The lowest BCUT2D eigenvalue weighted by Crippen LogP contribution is -2.39. The van der Waals surface area contributed by atoms with Gasteiger partial charge >= 0.3 is 6.03 Å². The molecule has 0 aromatic heterocycles. The van der Waals surface area contributed by atoms with E-state index in [-0.39, 0.29) is 12.1 Å². The molecule has 1 aromatic carbocycles. The van der Waals surface area contributed by atoms with Gasteiger partial charge in [-0.05, 0) is 18.4 Å². The lowest BCUT2D eigenvalue weighted by Gasteiger charge is -2.22. The van der Waals surface area contributed by atoms with E-state index in [0.29, 0.717) is 12.5 Å². The Morgan fingerprint density at radius 2 is 1.88 bits per heavy atom. The van der Waals surface area contributed by atoms with Crippen molar-refractivity contribution in [3.8, 4) is 0 Å². The van der Waals surface area contributed by atoms with Gasteiger partial charge in [0.1, 0.15) is 0 Å². The summed E-state index contributed by atoms with van der Waals surface area (Å²) in [6, 6.07) is 9.99. The van der Waals surface area contributed by atoms with Gasteiger partial charge in [-0.15, -0.1) is 0 Å². The number of hydrogen-bond acceptors (Lipinski definition) is 1. The molecule has 0 fully saturated rings. The van der Waals surface area contributed by atoms with Crippen LogP contribution in [-0.2, 0) is 0 Å². The number of rotatable bonds is 4. The zero-order valence-corrected chi connectivity index (χ0v) is 10.2. The van der Waals surface area contributed by atoms with Crippen LogP contribution in [0.1, 0.15) is 32.4 Å². The average molecular weight is 220 g/mol. The number of hydrogen-bond donors (Lipinski definition) is 2. The molecular weight excluding hydrogens is 200 g/mol. The van der Waals surface area contributed by atoms with Gasteiger partial charge in [-0.1, -0.05) is 44.2 Å². The van der Waals surface area contributed by atoms with Gasteiger partial charge < -0.3 is 10.6 Å². The highest BCUT2D eigenvalue weighted by atomic mass is 16.2. The van der Waals surface area contributed by atoms with E-state index in [4.69, 9.17) is 0 Å². The summed E-state index contributed by atoms with van der Waals surface area (Å²) in [7, 11) is 0. The molecule has 0 spiro atoms. The Morgan fingerprint density at radius 3 is 2.38 bits per heavy atom. The first-order valence-corrected chi connectivity index (χ1v) is 5.74. The maximum Gasteiger partial charge on any atom is 0.315 e. The maximum absolute atomic E-state index is 11.5. The van der Waals surface area contributed by atoms with Crippen molar-refractivity contribution in [2.75, 3.05) is 6.54 Å². The van der Waals surface area contributed by atoms with Crippen molar-refractivity contribution in [3.05, 3.63) is 35.9 Å². The summed E-state index contributed by atoms with van der Waals surface area (Å²) >= 11 is 0. The molecular formula is C13H20N2O. The molecule has 0 heterocycles. The molecule has 0 aliphatic heterocycles. The Hall–Kier alpha value is -1.51. The smallest absolute Gasteiger partial charge is 0.315 e. The fourth-order valence-corrected chi connectivity index (χ4v) is 1.65. The van der Waals surface area contributed by atoms with Crippen LogP contribution in [0.15, 0.2) is 30.3 Å². The van der Waals surface area contributed by atoms with Gasteiger partial charge in [-0.3, -0.25) is 0 Å². The van der Waals surface area contributed by atoms with Gasteiger partial charge in [0.2, 0.25) is 0 Å². The van der Waals surface area contributed by atoms with Crippen LogP contribution in [0.3, 0.4) is 0 Å². The van der Waals surface area contributed by atoms with E-state index in [1.807, 2.05) is 37.3 Å². The second-order valence-electron chi connectivity index (χ2n) is 4.14. The van der Waals surface area contributed by atoms with Crippen molar-refractivity contribution in [3.63, 3.8) is 0 Å². The summed E-state index contributed by atoms with van der Waals surface area (Å²) in [6.07, 6.45) is 0. The summed E-state index contributed by atoms with van der Waals surface area (Å²) in [4.78, 5) is 11.5. The molecule has 88 valence electrons. The van der Waals surface area contributed by atoms with Crippen LogP contribution in [-0.4, -0.2) is 12.6 Å². The van der Waals surface area contributed by atoms with Crippen LogP contribution in [0, 0.1) is 5.92 Å². The van der Waals surface area contributed by atoms with E-state index in [0.717, 1.165) is 5.56 Å². The predicted molar refractivity (Wildman–Crippen MR) is 66.2 cm³/mol. The first-order chi connectivity index (χ1) is 7.65. The molecule has 1 rings (SSSR count). The quantitative estimate of drug-likeness (QED) is 0.804. The van der Waals surface area contributed by atoms with E-state index in [1.54, 1.807) is 0 Å². The lowest BCUT2D eigenvalue weighted by atomic mass is 9.96. The maximum atomic E-state index is 11.5. The molecule has 2 N–H and O–H groups in total. The third-order valence-electron chi connectivity index (χ3n) is 2.45. The number of carbonyl (C=O) groups excluding carboxylic acids is 1. The van der Waals surface area contributed by atoms with Crippen LogP contribution in [0.5, 0.6) is 0 Å². The second kappa shape index (κ2) is 6.16. The van der Waals surface area contributed by atoms with E-state index in [2.05, 4.69) is 24.5 Å². The minimum absolute atomic E-state index is 0.0627. The number of carbonyl (C=O) groups is 1. The molecule has 0 bridgehead atoms. The summed E-state index contributed by atoms with van der Waals surface area (Å²) in [6.45, 7) is 6.76. The molecule has 1 unspecified atom stereocenters. The van der Waals surface area contributed by atoms with Gasteiger partial charge in [-0.2, -0.15) is 0 Å². The Morgan fingerprint density at radius 1 is 1.25 bits per heavy atom. The van der Waals surface area contributed by atoms with Crippen molar-refractivity contribution in [1.29, 1.82) is 0 Å². The predicted octanol–water partition coefficient (Wildman–Crippen LogP) is 2.70. The zero-order valence-electron chi connectivity index (χ0n) is 10.2. The normalized spacial score (nSPS) is 12.2. The Balaban J connectivity index is 2.73. The fourth-order valence-electron chi connectivity index (χ4n) is 1.65. The topological polar surface area (TPSA) is 41.1 Å². The Kier molecular flexibility index (Phi) is 4.83. The zero-order chi connectivity index (χ0) is 12.0. The summed E-state index contributed by atoms with van der Waals surface area (Å²) in [5.41, 5.74) is 1.14. The highest BCUT2D eigenvalue weighted by molar-refractivity contribution is 5.74. The van der Waals surface area contributed by atoms with Gasteiger partial charge in [0.25, 0.3) is 0 Å². The monoisotopic (exact) mass is 220 g/mol. The standard InChI is InChI=1S/C13H20N2O/c1-4-14-13(16)15-12(10(2)3)11-8-6-5-7-9-11/h5-10,12H,4H2,1-3H3,(H2,14,15,16). The number of amides is 2. The van der Waals surface area contributed by atoms with Crippen LogP contribution >= 0.6 is 0 Å². The SMILES string of the molecule is CCNC(=O)NC(c1ccccc1)C(C)C. The number of nitrogens with one attached hydrogen (secondary N) is 2. The highest BCUT2D eigenvalue weighted by Crippen LogP contribution is 2.20. The molecule has 0 saturated carbocycles. The first-order valence-electron chi connectivity index (χ1n) is 5.74. The Bertz CT molecular complexity index is 322. The average Bonchev–Trinajstić information content (AvgIpc) is 2.27. The van der Waals surface area contributed by atoms with Gasteiger partial charge in [-0.25, -0.2) is 4.79 Å². The highest BCUT2D eigenvalue weighted by Gasteiger charge is 2.17. The molecule has 0 aliphatic carbocycles. The second-order valence-corrected chi connectivity index (χ2v) is 4.14. The van der Waals surface area contributed by atoms with Crippen molar-refractivity contribution in [1.82, 2.24) is 10.6 Å². The van der Waals surface area contributed by atoms with E-state index in [1.165, 1.54) is 0 Å². The molecule has 1 atom stereocenters. The molecule has 0 saturated heterocycles. The molecule has 3 nitrogen and oxygen atoms in total. The van der Waals surface area contributed by atoms with E-state index >= 15 is 0 Å². The van der Waals surface area contributed by atoms with Crippen LogP contribution in [0.2, 0.25) is 0 Å². The largest absolute Gasteiger partial charge is 0.338 e. The molecule has 0 aliphatic rings. The van der Waals surface area contributed by atoms with Crippen molar-refractivity contribution in [2.45, 2.75) is 26.8 Å². The molecule has 2 amide bonds. The minimum atomic E-state index is -0.106. The van der Waals surface area contributed by atoms with Gasteiger partial charge in [0.05, 0.1) is 6.04 Å². The van der Waals surface area contributed by atoms with E-state index in [9.17, 15) is 4.79 Å². The number of benzene rings is 1. The third-order valence-corrected chi connectivity index (χ3v) is 2.45. The third kappa shape index (κ3) is 3.57. The van der Waals surface area contributed by atoms with Crippen LogP contribution in [0.4, 0.5) is 4.79 Å². The van der Waals surface area contributed by atoms with Gasteiger partial charge in [0, 0.05) is 6.54 Å². The first kappa shape index (κ1) is 12.6. The summed E-state index contributed by atoms with van der Waals surface area (Å²) < 4.78 is 0. The number of urea groups is 1. The molecule has 16 heavy (non-hydrogen) atoms. The van der Waals surface area contributed by atoms with Gasteiger partial charge in [0.15, 0.2) is 0 Å². The lowest BCUT2D eigenvalue weighted by molar-refractivity contribution is 0.233. The van der Waals surface area contributed by atoms with Crippen molar-refractivity contribution < 1.29 is 4.79 Å². The van der Waals surface area contributed by atoms with Crippen molar-refractivity contribution >= 4 is 6.03 Å². The fraction of sp³-hybridized carbons (Fsp3) is 0.462. The summed E-state index contributed by atoms with van der Waals surface area (Å²) in [5.74, 6) is 0.366. The van der Waals surface area contributed by atoms with Crippen LogP contribution < -0.4 is 10.6 Å².